The van der Waals surface area contributed by atoms with E-state index < -0.39 is 0 Å². The second kappa shape index (κ2) is 2.84. The first-order valence-corrected chi connectivity index (χ1v) is 4.45. The van der Waals surface area contributed by atoms with Crippen LogP contribution < -0.4 is 0 Å². The van der Waals surface area contributed by atoms with Gasteiger partial charge in [0.1, 0.15) is 0 Å². The smallest absolute Gasteiger partial charge is 0 e. The predicted molar refractivity (Wildman–Crippen MR) is 43.5 cm³/mol. The van der Waals surface area contributed by atoms with Gasteiger partial charge in [-0.25, -0.2) is 0 Å². The molecule has 60 valence electrons. The second-order valence-corrected chi connectivity index (χ2v) is 4.70. The van der Waals surface area contributed by atoms with Crippen LogP contribution >= 0.6 is 0 Å². The van der Waals surface area contributed by atoms with Gasteiger partial charge in [-0.3, -0.25) is 0 Å². The van der Waals surface area contributed by atoms with Gasteiger partial charge in [-0.2, -0.15) is 5.92 Å². The largest absolute Gasteiger partial charge is 0.340 e. The first-order chi connectivity index (χ1) is 4.62. The van der Waals surface area contributed by atoms with Crippen LogP contribution in [0.5, 0.6) is 0 Å². The summed E-state index contributed by atoms with van der Waals surface area (Å²) in [6.07, 6.45) is 4.30. The van der Waals surface area contributed by atoms with Crippen LogP contribution in [0.3, 0.4) is 0 Å². The van der Waals surface area contributed by atoms with Gasteiger partial charge in [0.25, 0.3) is 0 Å². The monoisotopic (exact) mass is 201 g/mol. The minimum Gasteiger partial charge on any atom is -0.340 e. The van der Waals surface area contributed by atoms with Gasteiger partial charge in [-0.05, 0) is 17.8 Å². The zero-order chi connectivity index (χ0) is 7.35. The Labute approximate surface area is 82.9 Å². The van der Waals surface area contributed by atoms with Crippen molar-refractivity contribution in [2.45, 2.75) is 33.1 Å². The molecule has 3 aliphatic carbocycles. The summed E-state index contributed by atoms with van der Waals surface area (Å²) in [4.78, 5) is 0. The number of hydrogen-bond donors (Lipinski definition) is 0. The molecule has 0 N–H and O–H groups in total. The Balaban J connectivity index is 0.000000605. The second-order valence-electron chi connectivity index (χ2n) is 4.70. The number of hydrogen-bond acceptors (Lipinski definition) is 0. The van der Waals surface area contributed by atoms with Crippen LogP contribution in [0.1, 0.15) is 33.1 Å². The molecule has 0 amide bonds. The average molecular weight is 203 g/mol. The van der Waals surface area contributed by atoms with Crippen molar-refractivity contribution in [1.82, 2.24) is 0 Å². The van der Waals surface area contributed by atoms with E-state index >= 15 is 0 Å². The minimum absolute atomic E-state index is 0. The molecule has 3 rings (SSSR count). The standard InChI is InChI=1S/C10H17.Zn/c1-7-4-5-8-6-9(7)10(8,2)3;/h7-9H,1,4-6H2,2-3H3;/q-1;/t7-,8+,9+;/m0./s1. The molecule has 0 aliphatic heterocycles. The summed E-state index contributed by atoms with van der Waals surface area (Å²) < 4.78 is 0. The molecule has 0 aromatic rings. The third kappa shape index (κ3) is 1.20. The summed E-state index contributed by atoms with van der Waals surface area (Å²) in [7, 11) is 0. The van der Waals surface area contributed by atoms with Crippen LogP contribution in [0, 0.1) is 30.1 Å². The van der Waals surface area contributed by atoms with Crippen molar-refractivity contribution in [3.8, 4) is 0 Å². The molecule has 0 unspecified atom stereocenters. The predicted octanol–water partition coefficient (Wildman–Crippen LogP) is 2.89. The summed E-state index contributed by atoms with van der Waals surface area (Å²) in [5.74, 6) is 2.75. The summed E-state index contributed by atoms with van der Waals surface area (Å²) in [6, 6.07) is 0. The Kier molecular flexibility index (Phi) is 2.50. The third-order valence-corrected chi connectivity index (χ3v) is 4.00. The molecule has 3 saturated carbocycles. The van der Waals surface area contributed by atoms with Crippen LogP contribution in [-0.4, -0.2) is 0 Å². The SMILES string of the molecule is [CH2-][C@H]1CC[C@@H]2C[C@H]1C2(C)C.[Zn]. The molecule has 3 atom stereocenters. The van der Waals surface area contributed by atoms with Crippen LogP contribution in [0.15, 0.2) is 0 Å². The quantitative estimate of drug-likeness (QED) is 0.419. The van der Waals surface area contributed by atoms with E-state index in [9.17, 15) is 0 Å². The Morgan fingerprint density at radius 3 is 2.18 bits per heavy atom. The van der Waals surface area contributed by atoms with E-state index in [4.69, 9.17) is 0 Å². The molecule has 0 spiro atoms. The van der Waals surface area contributed by atoms with Crippen LogP contribution in [0.4, 0.5) is 0 Å². The molecule has 0 nitrogen and oxygen atoms in total. The van der Waals surface area contributed by atoms with E-state index in [1.807, 2.05) is 0 Å². The topological polar surface area (TPSA) is 0 Å². The van der Waals surface area contributed by atoms with Gasteiger partial charge in [0, 0.05) is 19.5 Å². The maximum Gasteiger partial charge on any atom is 0 e. The molecule has 11 heavy (non-hydrogen) atoms. The molecular formula is C10H17Zn-. The maximum atomic E-state index is 4.21. The fourth-order valence-corrected chi connectivity index (χ4v) is 2.96. The van der Waals surface area contributed by atoms with Gasteiger partial charge in [0.05, 0.1) is 0 Å². The molecule has 2 bridgehead atoms. The average Bonchev–Trinajstić information content (AvgIpc) is 1.87. The van der Waals surface area contributed by atoms with Gasteiger partial charge >= 0.3 is 0 Å². The van der Waals surface area contributed by atoms with Crippen molar-refractivity contribution in [3.05, 3.63) is 6.92 Å². The summed E-state index contributed by atoms with van der Waals surface area (Å²) in [6.45, 7) is 9.05. The zero-order valence-electron chi connectivity index (χ0n) is 7.77. The molecule has 0 aromatic carbocycles. The third-order valence-electron chi connectivity index (χ3n) is 4.00. The molecule has 0 aromatic heterocycles. The first-order valence-electron chi connectivity index (χ1n) is 4.45. The summed E-state index contributed by atoms with van der Waals surface area (Å²) in [5.41, 5.74) is 0.644. The Hall–Kier alpha value is 0.623. The van der Waals surface area contributed by atoms with E-state index in [-0.39, 0.29) is 19.5 Å². The fourth-order valence-electron chi connectivity index (χ4n) is 2.96. The van der Waals surface area contributed by atoms with E-state index in [1.165, 1.54) is 19.3 Å². The van der Waals surface area contributed by atoms with Crippen molar-refractivity contribution in [2.75, 3.05) is 0 Å². The van der Waals surface area contributed by atoms with Gasteiger partial charge in [0.15, 0.2) is 0 Å². The normalized spacial score (nSPS) is 45.5. The van der Waals surface area contributed by atoms with E-state index in [0.29, 0.717) is 5.41 Å². The number of rotatable bonds is 0. The van der Waals surface area contributed by atoms with Gasteiger partial charge < -0.3 is 6.92 Å². The molecule has 1 heteroatoms. The van der Waals surface area contributed by atoms with Crippen LogP contribution in [0.2, 0.25) is 0 Å². The first kappa shape index (κ1) is 9.71. The van der Waals surface area contributed by atoms with Crippen LogP contribution in [0.25, 0.3) is 0 Å². The Bertz CT molecular complexity index is 149. The molecule has 0 radical (unpaired) electrons. The molecule has 3 fully saturated rings. The number of fused-ring (bicyclic) bond motifs is 2. The summed E-state index contributed by atoms with van der Waals surface area (Å²) >= 11 is 0. The molecule has 0 saturated heterocycles. The fraction of sp³-hybridized carbons (Fsp3) is 0.900. The minimum atomic E-state index is 0. The van der Waals surface area contributed by atoms with Crippen LogP contribution in [-0.2, 0) is 19.5 Å². The van der Waals surface area contributed by atoms with E-state index in [2.05, 4.69) is 20.8 Å². The van der Waals surface area contributed by atoms with E-state index in [0.717, 1.165) is 17.8 Å². The van der Waals surface area contributed by atoms with Crippen molar-refractivity contribution >= 4 is 0 Å². The molecule has 3 aliphatic rings. The zero-order valence-corrected chi connectivity index (χ0v) is 10.7. The summed E-state index contributed by atoms with van der Waals surface area (Å²) in [5, 5.41) is 0. The Morgan fingerprint density at radius 2 is 1.91 bits per heavy atom. The van der Waals surface area contributed by atoms with Crippen molar-refractivity contribution in [1.29, 1.82) is 0 Å². The van der Waals surface area contributed by atoms with Crippen molar-refractivity contribution in [3.63, 3.8) is 0 Å². The van der Waals surface area contributed by atoms with Gasteiger partial charge in [-0.15, -0.1) is 0 Å². The van der Waals surface area contributed by atoms with Crippen molar-refractivity contribution in [2.24, 2.45) is 23.2 Å². The Morgan fingerprint density at radius 1 is 1.27 bits per heavy atom. The molecule has 0 heterocycles. The molecular weight excluding hydrogens is 185 g/mol. The van der Waals surface area contributed by atoms with E-state index in [1.54, 1.807) is 0 Å². The van der Waals surface area contributed by atoms with Crippen molar-refractivity contribution < 1.29 is 19.5 Å². The van der Waals surface area contributed by atoms with Gasteiger partial charge in [0.2, 0.25) is 0 Å². The maximum absolute atomic E-state index is 4.21. The van der Waals surface area contributed by atoms with Gasteiger partial charge in [-0.1, -0.05) is 32.6 Å².